The number of fused-ring (bicyclic) bond motifs is 1. The summed E-state index contributed by atoms with van der Waals surface area (Å²) in [6, 6.07) is 11.6. The fourth-order valence-electron chi connectivity index (χ4n) is 1.92. The van der Waals surface area contributed by atoms with Crippen LogP contribution in [0.25, 0.3) is 10.2 Å². The van der Waals surface area contributed by atoms with Gasteiger partial charge in [-0.25, -0.2) is 9.97 Å². The predicted octanol–water partition coefficient (Wildman–Crippen LogP) is 2.84. The highest BCUT2D eigenvalue weighted by Gasteiger charge is 2.09. The van der Waals surface area contributed by atoms with Gasteiger partial charge in [0.15, 0.2) is 0 Å². The molecule has 2 aromatic heterocycles. The molecule has 3 aromatic rings. The molecule has 0 bridgehead atoms. The van der Waals surface area contributed by atoms with Crippen molar-refractivity contribution in [2.75, 3.05) is 11.9 Å². The van der Waals surface area contributed by atoms with Gasteiger partial charge in [-0.3, -0.25) is 0 Å². The Kier molecular flexibility index (Phi) is 3.39. The molecule has 96 valence electrons. The van der Waals surface area contributed by atoms with E-state index in [-0.39, 0.29) is 0 Å². The maximum atomic E-state index is 10.1. The third-order valence-electron chi connectivity index (χ3n) is 2.91. The summed E-state index contributed by atoms with van der Waals surface area (Å²) in [6.07, 6.45) is 0.987. The molecule has 5 heteroatoms. The van der Waals surface area contributed by atoms with Crippen LogP contribution >= 0.6 is 11.3 Å². The van der Waals surface area contributed by atoms with Crippen LogP contribution in [0, 0.1) is 0 Å². The molecule has 3 rings (SSSR count). The van der Waals surface area contributed by atoms with Gasteiger partial charge in [0, 0.05) is 6.54 Å². The molecule has 2 heterocycles. The van der Waals surface area contributed by atoms with Gasteiger partial charge < -0.3 is 10.4 Å². The molecule has 0 aliphatic carbocycles. The first-order chi connectivity index (χ1) is 9.34. The number of anilines is 1. The third-order valence-corrected chi connectivity index (χ3v) is 3.73. The predicted molar refractivity (Wildman–Crippen MR) is 77.3 cm³/mol. The molecule has 4 nitrogen and oxygen atoms in total. The van der Waals surface area contributed by atoms with Gasteiger partial charge >= 0.3 is 0 Å². The SMILES string of the molecule is O[C@@H](CNc1ncnc2sccc12)c1ccccc1. The van der Waals surface area contributed by atoms with Gasteiger partial charge in [-0.05, 0) is 17.0 Å². The highest BCUT2D eigenvalue weighted by atomic mass is 32.1. The summed E-state index contributed by atoms with van der Waals surface area (Å²) in [7, 11) is 0. The summed E-state index contributed by atoms with van der Waals surface area (Å²) < 4.78 is 0. The van der Waals surface area contributed by atoms with E-state index in [4.69, 9.17) is 0 Å². The summed E-state index contributed by atoms with van der Waals surface area (Å²) in [4.78, 5) is 9.36. The van der Waals surface area contributed by atoms with Crippen molar-refractivity contribution < 1.29 is 5.11 Å². The largest absolute Gasteiger partial charge is 0.387 e. The molecule has 1 atom stereocenters. The summed E-state index contributed by atoms with van der Waals surface area (Å²) in [5.74, 6) is 0.765. The van der Waals surface area contributed by atoms with E-state index in [0.29, 0.717) is 6.54 Å². The number of rotatable bonds is 4. The van der Waals surface area contributed by atoms with Crippen LogP contribution in [0.1, 0.15) is 11.7 Å². The molecule has 19 heavy (non-hydrogen) atoms. The fraction of sp³-hybridized carbons (Fsp3) is 0.143. The average Bonchev–Trinajstić information content (AvgIpc) is 2.94. The zero-order chi connectivity index (χ0) is 13.1. The lowest BCUT2D eigenvalue weighted by Gasteiger charge is -2.12. The van der Waals surface area contributed by atoms with Crippen LogP contribution < -0.4 is 5.32 Å². The van der Waals surface area contributed by atoms with E-state index in [9.17, 15) is 5.11 Å². The number of benzene rings is 1. The Morgan fingerprint density at radius 3 is 2.84 bits per heavy atom. The van der Waals surface area contributed by atoms with Crippen LogP contribution in [0.15, 0.2) is 48.1 Å². The van der Waals surface area contributed by atoms with Crippen LogP contribution in [-0.4, -0.2) is 21.6 Å². The minimum Gasteiger partial charge on any atom is -0.387 e. The average molecular weight is 271 g/mol. The van der Waals surface area contributed by atoms with Crippen molar-refractivity contribution in [3.8, 4) is 0 Å². The Morgan fingerprint density at radius 1 is 1.16 bits per heavy atom. The highest BCUT2D eigenvalue weighted by molar-refractivity contribution is 7.16. The van der Waals surface area contributed by atoms with Crippen molar-refractivity contribution in [3.05, 3.63) is 53.7 Å². The number of nitrogens with one attached hydrogen (secondary N) is 1. The molecule has 0 radical (unpaired) electrons. The van der Waals surface area contributed by atoms with Crippen molar-refractivity contribution in [1.29, 1.82) is 0 Å². The van der Waals surface area contributed by atoms with Gasteiger partial charge in [0.25, 0.3) is 0 Å². The van der Waals surface area contributed by atoms with Crippen LogP contribution in [0.3, 0.4) is 0 Å². The number of thiophene rings is 1. The van der Waals surface area contributed by atoms with Crippen LogP contribution in [0.5, 0.6) is 0 Å². The lowest BCUT2D eigenvalue weighted by atomic mass is 10.1. The Hall–Kier alpha value is -1.98. The first-order valence-corrected chi connectivity index (χ1v) is 6.87. The molecule has 0 fully saturated rings. The van der Waals surface area contributed by atoms with E-state index in [0.717, 1.165) is 21.6 Å². The van der Waals surface area contributed by atoms with Gasteiger partial charge in [0.05, 0.1) is 11.5 Å². The number of aliphatic hydroxyl groups is 1. The lowest BCUT2D eigenvalue weighted by Crippen LogP contribution is -2.13. The quantitative estimate of drug-likeness (QED) is 0.766. The smallest absolute Gasteiger partial charge is 0.138 e. The second-order valence-corrected chi connectivity index (χ2v) is 5.06. The van der Waals surface area contributed by atoms with Gasteiger partial charge in [-0.2, -0.15) is 0 Å². The van der Waals surface area contributed by atoms with Gasteiger partial charge in [0.1, 0.15) is 17.0 Å². The standard InChI is InChI=1S/C14H13N3OS/c18-12(10-4-2-1-3-5-10)8-15-13-11-6-7-19-14(11)17-9-16-13/h1-7,9,12,18H,8H2,(H,15,16,17)/t12-/m0/s1. The van der Waals surface area contributed by atoms with E-state index >= 15 is 0 Å². The Balaban J connectivity index is 1.74. The normalized spacial score (nSPS) is 12.5. The molecule has 0 aliphatic rings. The lowest BCUT2D eigenvalue weighted by molar-refractivity contribution is 0.191. The number of hydrogen-bond donors (Lipinski definition) is 2. The monoisotopic (exact) mass is 271 g/mol. The fourth-order valence-corrected chi connectivity index (χ4v) is 2.65. The maximum absolute atomic E-state index is 10.1. The van der Waals surface area contributed by atoms with E-state index < -0.39 is 6.10 Å². The zero-order valence-corrected chi connectivity index (χ0v) is 11.0. The minimum atomic E-state index is -0.551. The summed E-state index contributed by atoms with van der Waals surface area (Å²) in [6.45, 7) is 0.423. The van der Waals surface area contributed by atoms with Crippen LogP contribution in [-0.2, 0) is 0 Å². The Bertz CT molecular complexity index is 669. The van der Waals surface area contributed by atoms with E-state index in [1.807, 2.05) is 41.8 Å². The number of aliphatic hydroxyl groups excluding tert-OH is 1. The summed E-state index contributed by atoms with van der Waals surface area (Å²) in [5.41, 5.74) is 0.894. The number of nitrogens with zero attached hydrogens (tertiary/aromatic N) is 2. The van der Waals surface area contributed by atoms with Crippen molar-refractivity contribution in [2.45, 2.75) is 6.10 Å². The first kappa shape index (κ1) is 12.1. The van der Waals surface area contributed by atoms with Gasteiger partial charge in [0.2, 0.25) is 0 Å². The molecule has 0 unspecified atom stereocenters. The molecule has 0 amide bonds. The molecule has 0 saturated carbocycles. The highest BCUT2D eigenvalue weighted by Crippen LogP contribution is 2.24. The van der Waals surface area contributed by atoms with Crippen molar-refractivity contribution >= 4 is 27.4 Å². The van der Waals surface area contributed by atoms with Crippen molar-refractivity contribution in [3.63, 3.8) is 0 Å². The molecule has 2 N–H and O–H groups in total. The Labute approximate surface area is 114 Å². The summed E-state index contributed by atoms with van der Waals surface area (Å²) >= 11 is 1.58. The molecular formula is C14H13N3OS. The second kappa shape index (κ2) is 5.34. The first-order valence-electron chi connectivity index (χ1n) is 5.99. The summed E-state index contributed by atoms with van der Waals surface area (Å²) in [5, 5.41) is 16.3. The molecule has 0 spiro atoms. The van der Waals surface area contributed by atoms with Gasteiger partial charge in [-0.15, -0.1) is 11.3 Å². The molecule has 0 saturated heterocycles. The zero-order valence-electron chi connectivity index (χ0n) is 10.2. The molecule has 1 aromatic carbocycles. The topological polar surface area (TPSA) is 58.0 Å². The molecule has 0 aliphatic heterocycles. The van der Waals surface area contributed by atoms with E-state index in [1.54, 1.807) is 11.3 Å². The van der Waals surface area contributed by atoms with Crippen molar-refractivity contribution in [2.24, 2.45) is 0 Å². The number of hydrogen-bond acceptors (Lipinski definition) is 5. The van der Waals surface area contributed by atoms with Crippen LogP contribution in [0.4, 0.5) is 5.82 Å². The van der Waals surface area contributed by atoms with Gasteiger partial charge in [-0.1, -0.05) is 30.3 Å². The second-order valence-electron chi connectivity index (χ2n) is 4.17. The van der Waals surface area contributed by atoms with E-state index in [1.165, 1.54) is 6.33 Å². The number of aromatic nitrogens is 2. The maximum Gasteiger partial charge on any atom is 0.138 e. The minimum absolute atomic E-state index is 0.423. The third kappa shape index (κ3) is 2.57. The Morgan fingerprint density at radius 2 is 2.00 bits per heavy atom. The van der Waals surface area contributed by atoms with Crippen molar-refractivity contribution in [1.82, 2.24) is 9.97 Å². The molecular weight excluding hydrogens is 258 g/mol. The van der Waals surface area contributed by atoms with E-state index in [2.05, 4.69) is 15.3 Å². The van der Waals surface area contributed by atoms with Crippen LogP contribution in [0.2, 0.25) is 0 Å².